The Kier molecular flexibility index (Phi) is 4.20. The molecule has 2 aromatic rings. The molecule has 0 spiro atoms. The second-order valence-corrected chi connectivity index (χ2v) is 6.74. The van der Waals surface area contributed by atoms with Gasteiger partial charge in [0.15, 0.2) is 0 Å². The Morgan fingerprint density at radius 1 is 1.45 bits per heavy atom. The number of amides is 2. The largest absolute Gasteiger partial charge is 0.335 e. The van der Waals surface area contributed by atoms with Gasteiger partial charge in [0.05, 0.1) is 12.7 Å². The summed E-state index contributed by atoms with van der Waals surface area (Å²) in [5.41, 5.74) is 2.31. The van der Waals surface area contributed by atoms with Crippen LogP contribution in [0.2, 0.25) is 0 Å². The molecule has 1 fully saturated rings. The van der Waals surface area contributed by atoms with Gasteiger partial charge in [-0.1, -0.05) is 28.1 Å². The summed E-state index contributed by atoms with van der Waals surface area (Å²) in [4.78, 5) is 13.9. The fourth-order valence-corrected chi connectivity index (χ4v) is 2.87. The lowest BCUT2D eigenvalue weighted by atomic mass is 10.1. The number of rotatable bonds is 4. The quantitative estimate of drug-likeness (QED) is 0.908. The molecule has 1 N–H and O–H groups in total. The van der Waals surface area contributed by atoms with E-state index >= 15 is 0 Å². The molecular weight excluding hydrogens is 344 g/mol. The van der Waals surface area contributed by atoms with Gasteiger partial charge in [0.1, 0.15) is 0 Å². The van der Waals surface area contributed by atoms with Gasteiger partial charge in [-0.25, -0.2) is 4.79 Å². The standard InChI is InChI=1S/C16H19BrN4O/c1-20(9-11-8-18-21(2)10-11)16(22)19-15-7-14(15)12-3-5-13(17)6-4-12/h3-6,8,10,14-15H,7,9H2,1-2H3,(H,19,22)/t14-,15+/m0/s1. The average Bonchev–Trinajstić information content (AvgIpc) is 3.13. The molecule has 5 nitrogen and oxygen atoms in total. The Morgan fingerprint density at radius 2 is 2.18 bits per heavy atom. The Labute approximate surface area is 138 Å². The average molecular weight is 363 g/mol. The van der Waals surface area contributed by atoms with E-state index in [2.05, 4.69) is 38.5 Å². The molecule has 0 aliphatic heterocycles. The van der Waals surface area contributed by atoms with Crippen molar-refractivity contribution in [3.05, 3.63) is 52.3 Å². The maximum Gasteiger partial charge on any atom is 0.317 e. The molecule has 1 aromatic heterocycles. The zero-order valence-electron chi connectivity index (χ0n) is 12.7. The number of urea groups is 1. The highest BCUT2D eigenvalue weighted by atomic mass is 79.9. The SMILES string of the molecule is CN(Cc1cnn(C)c1)C(=O)N[C@@H]1C[C@H]1c1ccc(Br)cc1. The number of hydrogen-bond acceptors (Lipinski definition) is 2. The Morgan fingerprint density at radius 3 is 2.82 bits per heavy atom. The van der Waals surface area contributed by atoms with Gasteiger partial charge >= 0.3 is 6.03 Å². The summed E-state index contributed by atoms with van der Waals surface area (Å²) in [6, 6.07) is 8.52. The predicted octanol–water partition coefficient (Wildman–Crippen LogP) is 2.88. The molecule has 2 atom stereocenters. The lowest BCUT2D eigenvalue weighted by molar-refractivity contribution is 0.206. The first kappa shape index (κ1) is 15.1. The van der Waals surface area contributed by atoms with Crippen LogP contribution in [-0.2, 0) is 13.6 Å². The van der Waals surface area contributed by atoms with E-state index in [1.165, 1.54) is 5.56 Å². The van der Waals surface area contributed by atoms with Gasteiger partial charge in [-0.2, -0.15) is 5.10 Å². The van der Waals surface area contributed by atoms with Crippen molar-refractivity contribution in [2.24, 2.45) is 7.05 Å². The minimum atomic E-state index is -0.0338. The Bertz CT molecular complexity index is 667. The summed E-state index contributed by atoms with van der Waals surface area (Å²) in [6.07, 6.45) is 4.71. The van der Waals surface area contributed by atoms with Crippen LogP contribution >= 0.6 is 15.9 Å². The smallest absolute Gasteiger partial charge is 0.317 e. The van der Waals surface area contributed by atoms with E-state index in [4.69, 9.17) is 0 Å². The molecule has 1 saturated carbocycles. The highest BCUT2D eigenvalue weighted by molar-refractivity contribution is 9.10. The molecule has 0 saturated heterocycles. The summed E-state index contributed by atoms with van der Waals surface area (Å²) >= 11 is 3.44. The van der Waals surface area contributed by atoms with Gasteiger partial charge in [0.2, 0.25) is 0 Å². The van der Waals surface area contributed by atoms with Gasteiger partial charge < -0.3 is 10.2 Å². The van der Waals surface area contributed by atoms with Crippen molar-refractivity contribution >= 4 is 22.0 Å². The van der Waals surface area contributed by atoms with E-state index in [0.29, 0.717) is 12.5 Å². The van der Waals surface area contributed by atoms with Crippen molar-refractivity contribution in [1.29, 1.82) is 0 Å². The first-order valence-electron chi connectivity index (χ1n) is 7.27. The van der Waals surface area contributed by atoms with Crippen LogP contribution in [0.15, 0.2) is 41.1 Å². The van der Waals surface area contributed by atoms with Crippen LogP contribution in [-0.4, -0.2) is 33.8 Å². The third kappa shape index (κ3) is 3.50. The normalized spacial score (nSPS) is 19.8. The number of carbonyl (C=O) groups excluding carboxylic acids is 1. The van der Waals surface area contributed by atoms with E-state index in [1.54, 1.807) is 22.8 Å². The van der Waals surface area contributed by atoms with Crippen LogP contribution in [0.25, 0.3) is 0 Å². The predicted molar refractivity (Wildman–Crippen MR) is 88.5 cm³/mol. The van der Waals surface area contributed by atoms with Crippen LogP contribution in [0.1, 0.15) is 23.5 Å². The molecular formula is C16H19BrN4O. The fraction of sp³-hybridized carbons (Fsp3) is 0.375. The van der Waals surface area contributed by atoms with Crippen LogP contribution in [0.5, 0.6) is 0 Å². The second-order valence-electron chi connectivity index (χ2n) is 5.83. The van der Waals surface area contributed by atoms with Crippen molar-refractivity contribution in [3.8, 4) is 0 Å². The zero-order chi connectivity index (χ0) is 15.7. The third-order valence-corrected chi connectivity index (χ3v) is 4.45. The van der Waals surface area contributed by atoms with Gasteiger partial charge in [-0.15, -0.1) is 0 Å². The van der Waals surface area contributed by atoms with Gasteiger partial charge in [0.25, 0.3) is 0 Å². The summed E-state index contributed by atoms with van der Waals surface area (Å²) in [5, 5.41) is 7.21. The summed E-state index contributed by atoms with van der Waals surface area (Å²) < 4.78 is 2.82. The molecule has 0 radical (unpaired) electrons. The molecule has 0 bridgehead atoms. The highest BCUT2D eigenvalue weighted by Crippen LogP contribution is 2.41. The number of aromatic nitrogens is 2. The van der Waals surface area contributed by atoms with Crippen LogP contribution < -0.4 is 5.32 Å². The molecule has 1 aromatic carbocycles. The number of aryl methyl sites for hydroxylation is 1. The molecule has 116 valence electrons. The van der Waals surface area contributed by atoms with Crippen LogP contribution in [0.4, 0.5) is 4.79 Å². The van der Waals surface area contributed by atoms with Crippen molar-refractivity contribution < 1.29 is 4.79 Å². The van der Waals surface area contributed by atoms with Crippen LogP contribution in [0.3, 0.4) is 0 Å². The number of halogens is 1. The Balaban J connectivity index is 1.51. The van der Waals surface area contributed by atoms with Gasteiger partial charge in [-0.05, 0) is 24.1 Å². The first-order chi connectivity index (χ1) is 10.5. The maximum atomic E-state index is 12.2. The number of benzene rings is 1. The molecule has 1 heterocycles. The molecule has 0 unspecified atom stereocenters. The van der Waals surface area contributed by atoms with Crippen molar-refractivity contribution in [3.63, 3.8) is 0 Å². The monoisotopic (exact) mass is 362 g/mol. The topological polar surface area (TPSA) is 50.2 Å². The summed E-state index contributed by atoms with van der Waals surface area (Å²) in [5.74, 6) is 0.434. The molecule has 1 aliphatic carbocycles. The molecule has 2 amide bonds. The van der Waals surface area contributed by atoms with E-state index < -0.39 is 0 Å². The minimum Gasteiger partial charge on any atom is -0.335 e. The first-order valence-corrected chi connectivity index (χ1v) is 8.07. The van der Waals surface area contributed by atoms with Gasteiger partial charge in [-0.3, -0.25) is 4.68 Å². The third-order valence-electron chi connectivity index (χ3n) is 3.92. The molecule has 1 aliphatic rings. The summed E-state index contributed by atoms with van der Waals surface area (Å²) in [7, 11) is 3.68. The highest BCUT2D eigenvalue weighted by Gasteiger charge is 2.39. The van der Waals surface area contributed by atoms with E-state index in [-0.39, 0.29) is 12.1 Å². The van der Waals surface area contributed by atoms with Crippen molar-refractivity contribution in [2.45, 2.75) is 24.9 Å². The van der Waals surface area contributed by atoms with Crippen molar-refractivity contribution in [1.82, 2.24) is 20.0 Å². The zero-order valence-corrected chi connectivity index (χ0v) is 14.2. The van der Waals surface area contributed by atoms with Crippen LogP contribution in [0, 0.1) is 0 Å². The fourth-order valence-electron chi connectivity index (χ4n) is 2.60. The number of nitrogens with zero attached hydrogens (tertiary/aromatic N) is 3. The maximum absolute atomic E-state index is 12.2. The number of carbonyl (C=O) groups is 1. The molecule has 22 heavy (non-hydrogen) atoms. The van der Waals surface area contributed by atoms with E-state index in [0.717, 1.165) is 16.5 Å². The van der Waals surface area contributed by atoms with Gasteiger partial charge in [0, 0.05) is 42.3 Å². The second kappa shape index (κ2) is 6.12. The van der Waals surface area contributed by atoms with E-state index in [9.17, 15) is 4.79 Å². The lowest BCUT2D eigenvalue weighted by Gasteiger charge is -2.17. The number of hydrogen-bond donors (Lipinski definition) is 1. The van der Waals surface area contributed by atoms with Crippen molar-refractivity contribution in [2.75, 3.05) is 7.05 Å². The number of nitrogens with one attached hydrogen (secondary N) is 1. The lowest BCUT2D eigenvalue weighted by Crippen LogP contribution is -2.38. The molecule has 3 rings (SSSR count). The molecule has 6 heteroatoms. The summed E-state index contributed by atoms with van der Waals surface area (Å²) in [6.45, 7) is 0.565. The van der Waals surface area contributed by atoms with E-state index in [1.807, 2.05) is 25.4 Å². The Hall–Kier alpha value is -1.82. The minimum absolute atomic E-state index is 0.0338.